The van der Waals surface area contributed by atoms with Crippen molar-refractivity contribution in [1.82, 2.24) is 9.97 Å². The molecule has 0 spiro atoms. The molecule has 0 saturated heterocycles. The van der Waals surface area contributed by atoms with Gasteiger partial charge in [-0.2, -0.15) is 4.98 Å². The summed E-state index contributed by atoms with van der Waals surface area (Å²) in [6.45, 7) is 3.44. The molecule has 190 valence electrons. The Hall–Kier alpha value is -4.31. The summed E-state index contributed by atoms with van der Waals surface area (Å²) in [5.41, 5.74) is 3.58. The van der Waals surface area contributed by atoms with Crippen LogP contribution >= 0.6 is 0 Å². The zero-order valence-electron chi connectivity index (χ0n) is 20.2. The maximum absolute atomic E-state index is 11.6. The van der Waals surface area contributed by atoms with Gasteiger partial charge in [0.15, 0.2) is 11.5 Å². The molecule has 3 aromatic carbocycles. The minimum absolute atomic E-state index is 0.250. The highest BCUT2D eigenvalue weighted by molar-refractivity contribution is 7.73. The lowest BCUT2D eigenvalue weighted by atomic mass is 10.1. The molecule has 1 atom stereocenters. The maximum Gasteiger partial charge on any atom is 0.231 e. The molecule has 4 aromatic rings. The second-order valence-corrected chi connectivity index (χ2v) is 9.35. The molecule has 5 rings (SSSR count). The van der Waals surface area contributed by atoms with Crippen LogP contribution in [0.5, 0.6) is 17.2 Å². The largest absolute Gasteiger partial charge is 0.494 e. The van der Waals surface area contributed by atoms with Crippen LogP contribution in [0, 0.1) is 4.78 Å². The molecule has 0 radical (unpaired) electrons. The van der Waals surface area contributed by atoms with Gasteiger partial charge in [-0.3, -0.25) is 4.78 Å². The van der Waals surface area contributed by atoms with Gasteiger partial charge in [0, 0.05) is 28.9 Å². The van der Waals surface area contributed by atoms with Crippen LogP contribution in [-0.2, 0) is 17.0 Å². The molecule has 3 N–H and O–H groups in total. The smallest absolute Gasteiger partial charge is 0.231 e. The zero-order valence-corrected chi connectivity index (χ0v) is 21.1. The summed E-state index contributed by atoms with van der Waals surface area (Å²) in [7, 11) is -2.19. The van der Waals surface area contributed by atoms with E-state index in [1.807, 2.05) is 55.5 Å². The lowest BCUT2D eigenvalue weighted by Gasteiger charge is -2.14. The molecule has 1 aliphatic heterocycles. The normalized spacial score (nSPS) is 12.7. The standard InChI is InChI=1S/C27H27N5O4S/c1-2-34-21-9-7-19(8-10-21)23-16-30-27(31-20-4-3-5-22(15-20)37(28)33)32-26(23)29-13-12-18-6-11-24-25(14-18)36-17-35-24/h3-11,14-16,28,37H,2,12-13,17H2,1H3,(H2,29,30,31,32). The maximum atomic E-state index is 11.6. The Balaban J connectivity index is 1.38. The lowest BCUT2D eigenvalue weighted by Crippen LogP contribution is -2.09. The van der Waals surface area contributed by atoms with Crippen LogP contribution in [0.1, 0.15) is 12.5 Å². The second-order valence-electron chi connectivity index (χ2n) is 8.25. The van der Waals surface area contributed by atoms with E-state index >= 15 is 0 Å². The average Bonchev–Trinajstić information content (AvgIpc) is 3.38. The number of hydrogen-bond donors (Lipinski definition) is 4. The summed E-state index contributed by atoms with van der Waals surface area (Å²) in [6.07, 6.45) is 2.52. The van der Waals surface area contributed by atoms with Crippen LogP contribution in [0.3, 0.4) is 0 Å². The SMILES string of the molecule is CCOc1ccc(-c2cnc(Nc3cccc([SH](=N)=O)c3)nc2NCCc2ccc3c(c2)OCO3)cc1. The first-order chi connectivity index (χ1) is 18.1. The van der Waals surface area contributed by atoms with E-state index in [1.165, 1.54) is 0 Å². The summed E-state index contributed by atoms with van der Waals surface area (Å²) in [4.78, 5) is 9.68. The molecular formula is C27H27N5O4S. The summed E-state index contributed by atoms with van der Waals surface area (Å²) >= 11 is 0. The van der Waals surface area contributed by atoms with Gasteiger partial charge < -0.3 is 24.8 Å². The van der Waals surface area contributed by atoms with Gasteiger partial charge in [0.05, 0.1) is 17.2 Å². The van der Waals surface area contributed by atoms with Crippen molar-refractivity contribution >= 4 is 28.0 Å². The van der Waals surface area contributed by atoms with Gasteiger partial charge in [0.1, 0.15) is 11.6 Å². The van der Waals surface area contributed by atoms with Gasteiger partial charge in [-0.1, -0.05) is 24.3 Å². The lowest BCUT2D eigenvalue weighted by molar-refractivity contribution is 0.174. The number of aromatic nitrogens is 2. The average molecular weight is 518 g/mol. The van der Waals surface area contributed by atoms with Crippen molar-refractivity contribution in [2.45, 2.75) is 18.2 Å². The Morgan fingerprint density at radius 2 is 1.89 bits per heavy atom. The highest BCUT2D eigenvalue weighted by atomic mass is 32.2. The minimum Gasteiger partial charge on any atom is -0.494 e. The van der Waals surface area contributed by atoms with E-state index in [0.29, 0.717) is 35.5 Å². The molecule has 1 aromatic heterocycles. The highest BCUT2D eigenvalue weighted by Gasteiger charge is 2.14. The van der Waals surface area contributed by atoms with Gasteiger partial charge in [-0.05, 0) is 66.9 Å². The van der Waals surface area contributed by atoms with E-state index in [2.05, 4.69) is 15.6 Å². The molecule has 0 bridgehead atoms. The summed E-state index contributed by atoms with van der Waals surface area (Å²) in [5, 5.41) is 6.61. The predicted molar refractivity (Wildman–Crippen MR) is 144 cm³/mol. The van der Waals surface area contributed by atoms with Crippen molar-refractivity contribution in [3.8, 4) is 28.4 Å². The quantitative estimate of drug-likeness (QED) is 0.210. The van der Waals surface area contributed by atoms with Crippen LogP contribution in [0.25, 0.3) is 11.1 Å². The van der Waals surface area contributed by atoms with Crippen molar-refractivity contribution in [3.63, 3.8) is 0 Å². The van der Waals surface area contributed by atoms with Crippen molar-refractivity contribution in [2.75, 3.05) is 30.6 Å². The molecule has 0 saturated carbocycles. The number of nitrogens with zero attached hydrogens (tertiary/aromatic N) is 2. The Morgan fingerprint density at radius 1 is 1.05 bits per heavy atom. The first kappa shape index (κ1) is 24.4. The number of ether oxygens (including phenoxy) is 3. The molecule has 2 heterocycles. The molecule has 0 amide bonds. The number of hydrogen-bond acceptors (Lipinski definition) is 9. The second kappa shape index (κ2) is 11.2. The Morgan fingerprint density at radius 3 is 2.70 bits per heavy atom. The molecule has 10 heteroatoms. The molecule has 1 unspecified atom stereocenters. The Labute approximate surface area is 216 Å². The number of fused-ring (bicyclic) bond motifs is 1. The number of anilines is 3. The molecule has 0 fully saturated rings. The molecular weight excluding hydrogens is 490 g/mol. The monoisotopic (exact) mass is 517 g/mol. The first-order valence-electron chi connectivity index (χ1n) is 11.9. The first-order valence-corrected chi connectivity index (χ1v) is 13.1. The summed E-state index contributed by atoms with van der Waals surface area (Å²) in [6, 6.07) is 20.7. The molecule has 1 aliphatic rings. The highest BCUT2D eigenvalue weighted by Crippen LogP contribution is 2.33. The predicted octanol–water partition coefficient (Wildman–Crippen LogP) is 5.27. The fourth-order valence-corrected chi connectivity index (χ4v) is 4.42. The summed E-state index contributed by atoms with van der Waals surface area (Å²) in [5.74, 6) is 3.39. The third kappa shape index (κ3) is 5.92. The Kier molecular flexibility index (Phi) is 7.36. The third-order valence-corrected chi connectivity index (χ3v) is 6.49. The number of benzene rings is 3. The summed E-state index contributed by atoms with van der Waals surface area (Å²) < 4.78 is 35.6. The Bertz CT molecular complexity index is 1470. The van der Waals surface area contributed by atoms with E-state index in [1.54, 1.807) is 24.4 Å². The van der Waals surface area contributed by atoms with E-state index in [-0.39, 0.29) is 6.79 Å². The van der Waals surface area contributed by atoms with Crippen LogP contribution in [0.15, 0.2) is 77.8 Å². The van der Waals surface area contributed by atoms with Crippen LogP contribution < -0.4 is 24.8 Å². The van der Waals surface area contributed by atoms with Gasteiger partial charge >= 0.3 is 0 Å². The van der Waals surface area contributed by atoms with E-state index in [0.717, 1.165) is 40.4 Å². The van der Waals surface area contributed by atoms with Gasteiger partial charge in [-0.25, -0.2) is 9.19 Å². The van der Waals surface area contributed by atoms with Crippen molar-refractivity contribution in [2.24, 2.45) is 0 Å². The van der Waals surface area contributed by atoms with E-state index < -0.39 is 10.6 Å². The zero-order chi connectivity index (χ0) is 25.6. The number of thiol groups is 1. The van der Waals surface area contributed by atoms with Crippen molar-refractivity contribution in [3.05, 3.63) is 78.5 Å². The van der Waals surface area contributed by atoms with Gasteiger partial charge in [0.2, 0.25) is 12.7 Å². The molecule has 37 heavy (non-hydrogen) atoms. The van der Waals surface area contributed by atoms with E-state index in [4.69, 9.17) is 24.0 Å². The minimum atomic E-state index is -2.19. The third-order valence-electron chi connectivity index (χ3n) is 5.74. The van der Waals surface area contributed by atoms with Crippen LogP contribution in [-0.4, -0.2) is 34.1 Å². The van der Waals surface area contributed by atoms with Gasteiger partial charge in [0.25, 0.3) is 0 Å². The fraction of sp³-hybridized carbons (Fsp3) is 0.185. The van der Waals surface area contributed by atoms with Crippen molar-refractivity contribution < 1.29 is 18.4 Å². The van der Waals surface area contributed by atoms with Crippen molar-refractivity contribution in [1.29, 1.82) is 4.78 Å². The number of nitrogens with one attached hydrogen (secondary N) is 3. The van der Waals surface area contributed by atoms with E-state index in [9.17, 15) is 4.21 Å². The van der Waals surface area contributed by atoms with Crippen LogP contribution in [0.4, 0.5) is 17.5 Å². The number of rotatable bonds is 10. The topological polar surface area (TPSA) is 118 Å². The van der Waals surface area contributed by atoms with Crippen LogP contribution in [0.2, 0.25) is 0 Å². The fourth-order valence-electron chi connectivity index (χ4n) is 3.95. The molecule has 0 aliphatic carbocycles. The van der Waals surface area contributed by atoms with Gasteiger partial charge in [-0.15, -0.1) is 0 Å². The molecule has 9 nitrogen and oxygen atoms in total.